The predicted molar refractivity (Wildman–Crippen MR) is 70.2 cm³/mol. The highest BCUT2D eigenvalue weighted by Crippen LogP contribution is 2.11. The summed E-state index contributed by atoms with van der Waals surface area (Å²) in [6.45, 7) is 4.13. The average molecular weight is 273 g/mol. The molecule has 1 aliphatic rings. The third-order valence-corrected chi connectivity index (χ3v) is 2.90. The largest absolute Gasteiger partial charge is 0.481 e. The second-order valence-corrected chi connectivity index (χ2v) is 4.05. The van der Waals surface area contributed by atoms with Crippen LogP contribution in [-0.2, 0) is 4.79 Å². The number of anilines is 1. The van der Waals surface area contributed by atoms with E-state index in [0.29, 0.717) is 6.54 Å². The lowest BCUT2D eigenvalue weighted by atomic mass is 10.3. The zero-order valence-corrected chi connectivity index (χ0v) is 10.8. The number of hydrogen-bond donors (Lipinski definition) is 1. The van der Waals surface area contributed by atoms with Crippen molar-refractivity contribution in [1.82, 2.24) is 15.1 Å². The fourth-order valence-electron chi connectivity index (χ4n) is 1.92. The van der Waals surface area contributed by atoms with Crippen molar-refractivity contribution in [1.29, 1.82) is 0 Å². The molecule has 2 heterocycles. The minimum Gasteiger partial charge on any atom is -0.481 e. The van der Waals surface area contributed by atoms with Gasteiger partial charge in [-0.2, -0.15) is 5.10 Å². The Morgan fingerprint density at radius 3 is 2.61 bits per heavy atom. The Hall–Kier alpha value is -1.40. The Balaban J connectivity index is 0.00000162. The molecule has 0 unspecified atom stereocenters. The van der Waals surface area contributed by atoms with Crippen LogP contribution in [0.25, 0.3) is 0 Å². The van der Waals surface area contributed by atoms with Crippen LogP contribution in [0.3, 0.4) is 0 Å². The van der Waals surface area contributed by atoms with E-state index in [1.165, 1.54) is 0 Å². The number of carboxylic acid groups (broad SMARTS) is 1. The first-order chi connectivity index (χ1) is 8.25. The van der Waals surface area contributed by atoms with Crippen LogP contribution < -0.4 is 4.90 Å². The van der Waals surface area contributed by atoms with Gasteiger partial charge in [-0.05, 0) is 12.1 Å². The summed E-state index contributed by atoms with van der Waals surface area (Å²) in [5, 5.41) is 16.5. The molecule has 1 aromatic rings. The van der Waals surface area contributed by atoms with E-state index in [9.17, 15) is 4.79 Å². The average Bonchev–Trinajstić information content (AvgIpc) is 2.38. The third kappa shape index (κ3) is 4.12. The van der Waals surface area contributed by atoms with Crippen LogP contribution in [0, 0.1) is 0 Å². The van der Waals surface area contributed by atoms with Gasteiger partial charge in [0.05, 0.1) is 6.42 Å². The van der Waals surface area contributed by atoms with Crippen LogP contribution in [-0.4, -0.2) is 58.9 Å². The van der Waals surface area contributed by atoms with Gasteiger partial charge in [-0.15, -0.1) is 17.5 Å². The molecular weight excluding hydrogens is 256 g/mol. The Morgan fingerprint density at radius 1 is 1.33 bits per heavy atom. The number of rotatable bonds is 4. The van der Waals surface area contributed by atoms with E-state index >= 15 is 0 Å². The highest BCUT2D eigenvalue weighted by Gasteiger charge is 2.18. The van der Waals surface area contributed by atoms with Gasteiger partial charge in [0.15, 0.2) is 5.82 Å². The summed E-state index contributed by atoms with van der Waals surface area (Å²) in [5.41, 5.74) is 0. The second-order valence-electron chi connectivity index (χ2n) is 4.05. The SMILES string of the molecule is Cl.O=C(O)CCN1CCN(c2cccnn2)CC1. The number of carboxylic acids is 1. The molecule has 0 saturated carbocycles. The molecule has 0 aromatic carbocycles. The topological polar surface area (TPSA) is 69.6 Å². The van der Waals surface area contributed by atoms with Crippen LogP contribution in [0.4, 0.5) is 5.82 Å². The molecule has 6 nitrogen and oxygen atoms in total. The summed E-state index contributed by atoms with van der Waals surface area (Å²) in [7, 11) is 0. The van der Waals surface area contributed by atoms with Gasteiger partial charge < -0.3 is 10.0 Å². The van der Waals surface area contributed by atoms with Crippen LogP contribution in [0.15, 0.2) is 18.3 Å². The first kappa shape index (κ1) is 14.7. The molecule has 7 heteroatoms. The van der Waals surface area contributed by atoms with Gasteiger partial charge in [0.25, 0.3) is 0 Å². The van der Waals surface area contributed by atoms with Crippen LogP contribution >= 0.6 is 12.4 Å². The molecule has 0 spiro atoms. The van der Waals surface area contributed by atoms with Crippen LogP contribution in [0.1, 0.15) is 6.42 Å². The number of halogens is 1. The standard InChI is InChI=1S/C11H16N4O2.ClH/c16-11(17)3-5-14-6-8-15(9-7-14)10-2-1-4-12-13-10;/h1-2,4H,3,5-9H2,(H,16,17);1H. The second kappa shape index (κ2) is 7.13. The van der Waals surface area contributed by atoms with Crippen LogP contribution in [0.2, 0.25) is 0 Å². The van der Waals surface area contributed by atoms with Crippen molar-refractivity contribution < 1.29 is 9.90 Å². The van der Waals surface area contributed by atoms with E-state index in [0.717, 1.165) is 32.0 Å². The van der Waals surface area contributed by atoms with E-state index in [1.807, 2.05) is 12.1 Å². The molecule has 2 rings (SSSR count). The lowest BCUT2D eigenvalue weighted by Crippen LogP contribution is -2.47. The molecule has 18 heavy (non-hydrogen) atoms. The van der Waals surface area contributed by atoms with Crippen LogP contribution in [0.5, 0.6) is 0 Å². The number of carbonyl (C=O) groups is 1. The molecule has 0 radical (unpaired) electrons. The smallest absolute Gasteiger partial charge is 0.304 e. The summed E-state index contributed by atoms with van der Waals surface area (Å²) < 4.78 is 0. The molecule has 0 amide bonds. The van der Waals surface area contributed by atoms with Gasteiger partial charge in [-0.3, -0.25) is 9.69 Å². The molecule has 1 aliphatic heterocycles. The molecule has 1 aromatic heterocycles. The van der Waals surface area contributed by atoms with Gasteiger partial charge in [-0.25, -0.2) is 0 Å². The van der Waals surface area contributed by atoms with Crippen molar-refractivity contribution >= 4 is 24.2 Å². The zero-order valence-electron chi connectivity index (χ0n) is 10.0. The summed E-state index contributed by atoms with van der Waals surface area (Å²) in [6, 6.07) is 3.82. The third-order valence-electron chi connectivity index (χ3n) is 2.90. The van der Waals surface area contributed by atoms with Crippen molar-refractivity contribution in [2.24, 2.45) is 0 Å². The van der Waals surface area contributed by atoms with E-state index in [-0.39, 0.29) is 18.8 Å². The lowest BCUT2D eigenvalue weighted by Gasteiger charge is -2.34. The Labute approximate surface area is 112 Å². The van der Waals surface area contributed by atoms with Gasteiger partial charge in [0, 0.05) is 38.9 Å². The molecule has 100 valence electrons. The van der Waals surface area contributed by atoms with Crippen molar-refractivity contribution in [3.05, 3.63) is 18.3 Å². The Bertz CT molecular complexity index is 369. The Kier molecular flexibility index (Phi) is 5.80. The zero-order chi connectivity index (χ0) is 12.1. The summed E-state index contributed by atoms with van der Waals surface area (Å²) in [5.74, 6) is 0.159. The summed E-state index contributed by atoms with van der Waals surface area (Å²) in [6.07, 6.45) is 1.87. The van der Waals surface area contributed by atoms with Gasteiger partial charge in [0.1, 0.15) is 0 Å². The number of nitrogens with zero attached hydrogens (tertiary/aromatic N) is 4. The maximum atomic E-state index is 10.5. The molecular formula is C11H17ClN4O2. The molecule has 1 N–H and O–H groups in total. The van der Waals surface area contributed by atoms with Crippen molar-refractivity contribution in [3.63, 3.8) is 0 Å². The van der Waals surface area contributed by atoms with Gasteiger partial charge in [0.2, 0.25) is 0 Å². The normalized spacial score (nSPS) is 16.1. The highest BCUT2D eigenvalue weighted by molar-refractivity contribution is 5.85. The minimum atomic E-state index is -0.735. The van der Waals surface area contributed by atoms with Crippen molar-refractivity contribution in [2.75, 3.05) is 37.6 Å². The maximum absolute atomic E-state index is 10.5. The molecule has 0 bridgehead atoms. The van der Waals surface area contributed by atoms with E-state index < -0.39 is 5.97 Å². The first-order valence-electron chi connectivity index (χ1n) is 5.72. The maximum Gasteiger partial charge on any atom is 0.304 e. The fourth-order valence-corrected chi connectivity index (χ4v) is 1.92. The number of piperazine rings is 1. The molecule has 0 aliphatic carbocycles. The Morgan fingerprint density at radius 2 is 2.06 bits per heavy atom. The number of aliphatic carboxylic acids is 1. The number of hydrogen-bond acceptors (Lipinski definition) is 5. The predicted octanol–water partition coefficient (Wildman–Crippen LogP) is 0.495. The first-order valence-corrected chi connectivity index (χ1v) is 5.72. The van der Waals surface area contributed by atoms with Crippen molar-refractivity contribution in [2.45, 2.75) is 6.42 Å². The summed E-state index contributed by atoms with van der Waals surface area (Å²) in [4.78, 5) is 14.8. The monoisotopic (exact) mass is 272 g/mol. The van der Waals surface area contributed by atoms with E-state index in [1.54, 1.807) is 6.20 Å². The van der Waals surface area contributed by atoms with Gasteiger partial charge >= 0.3 is 5.97 Å². The minimum absolute atomic E-state index is 0. The van der Waals surface area contributed by atoms with Crippen molar-refractivity contribution in [3.8, 4) is 0 Å². The molecule has 0 atom stereocenters. The highest BCUT2D eigenvalue weighted by atomic mass is 35.5. The van der Waals surface area contributed by atoms with Gasteiger partial charge in [-0.1, -0.05) is 0 Å². The molecule has 1 saturated heterocycles. The fraction of sp³-hybridized carbons (Fsp3) is 0.545. The summed E-state index contributed by atoms with van der Waals surface area (Å²) >= 11 is 0. The van der Waals surface area contributed by atoms with E-state index in [2.05, 4.69) is 20.0 Å². The number of aromatic nitrogens is 2. The quantitative estimate of drug-likeness (QED) is 0.861. The molecule has 1 fully saturated rings. The lowest BCUT2D eigenvalue weighted by molar-refractivity contribution is -0.137. The van der Waals surface area contributed by atoms with E-state index in [4.69, 9.17) is 5.11 Å².